The summed E-state index contributed by atoms with van der Waals surface area (Å²) in [7, 11) is 0. The SMILES string of the molecule is C\C=C/C(C)=C(\C=C/C)c1ccc(C)c(-c2ccccc2C)c1. The van der Waals surface area contributed by atoms with Crippen LogP contribution in [-0.2, 0) is 0 Å². The van der Waals surface area contributed by atoms with E-state index in [1.54, 1.807) is 0 Å². The Hall–Kier alpha value is -2.34. The van der Waals surface area contributed by atoms with Crippen molar-refractivity contribution in [3.05, 3.63) is 89.0 Å². The maximum absolute atomic E-state index is 2.32. The van der Waals surface area contributed by atoms with Crippen molar-refractivity contribution in [3.63, 3.8) is 0 Å². The molecule has 0 radical (unpaired) electrons. The molecule has 0 aliphatic carbocycles. The van der Waals surface area contributed by atoms with E-state index in [4.69, 9.17) is 0 Å². The van der Waals surface area contributed by atoms with Crippen molar-refractivity contribution in [3.8, 4) is 11.1 Å². The fraction of sp³-hybridized carbons (Fsp3) is 0.217. The zero-order valence-corrected chi connectivity index (χ0v) is 14.9. The molecule has 118 valence electrons. The summed E-state index contributed by atoms with van der Waals surface area (Å²) >= 11 is 0. The third-order valence-electron chi connectivity index (χ3n) is 4.16. The van der Waals surface area contributed by atoms with Crippen molar-refractivity contribution < 1.29 is 0 Å². The first kappa shape index (κ1) is 17.0. The molecule has 0 heteroatoms. The van der Waals surface area contributed by atoms with Crippen molar-refractivity contribution >= 4 is 5.57 Å². The minimum Gasteiger partial charge on any atom is -0.0874 e. The van der Waals surface area contributed by atoms with E-state index >= 15 is 0 Å². The second-order valence-electron chi connectivity index (χ2n) is 5.94. The topological polar surface area (TPSA) is 0 Å². The third kappa shape index (κ3) is 3.90. The molecule has 0 nitrogen and oxygen atoms in total. The average molecular weight is 302 g/mol. The highest BCUT2D eigenvalue weighted by molar-refractivity contribution is 5.82. The summed E-state index contributed by atoms with van der Waals surface area (Å²) in [5.74, 6) is 0. The molecule has 0 aliphatic rings. The van der Waals surface area contributed by atoms with Crippen molar-refractivity contribution in [2.45, 2.75) is 34.6 Å². The highest BCUT2D eigenvalue weighted by Gasteiger charge is 2.08. The van der Waals surface area contributed by atoms with E-state index in [0.29, 0.717) is 0 Å². The lowest BCUT2D eigenvalue weighted by Gasteiger charge is -2.13. The summed E-state index contributed by atoms with van der Waals surface area (Å²) in [5.41, 5.74) is 9.08. The molecule has 0 aromatic heterocycles. The summed E-state index contributed by atoms with van der Waals surface area (Å²) < 4.78 is 0. The molecule has 0 atom stereocenters. The first-order valence-electron chi connectivity index (χ1n) is 8.21. The highest BCUT2D eigenvalue weighted by atomic mass is 14.1. The van der Waals surface area contributed by atoms with Gasteiger partial charge in [0.1, 0.15) is 0 Å². The monoisotopic (exact) mass is 302 g/mol. The van der Waals surface area contributed by atoms with Crippen LogP contribution < -0.4 is 0 Å². The molecule has 2 aromatic rings. The highest BCUT2D eigenvalue weighted by Crippen LogP contribution is 2.31. The minimum atomic E-state index is 1.27. The molecule has 0 bridgehead atoms. The van der Waals surface area contributed by atoms with Gasteiger partial charge in [0, 0.05) is 0 Å². The smallest absolute Gasteiger partial charge is 0.0146 e. The van der Waals surface area contributed by atoms with E-state index in [1.807, 2.05) is 0 Å². The first-order valence-corrected chi connectivity index (χ1v) is 8.21. The third-order valence-corrected chi connectivity index (χ3v) is 4.16. The average Bonchev–Trinajstić information content (AvgIpc) is 2.54. The second kappa shape index (κ2) is 7.78. The van der Waals surface area contributed by atoms with Gasteiger partial charge in [-0.3, -0.25) is 0 Å². The zero-order valence-electron chi connectivity index (χ0n) is 14.9. The number of hydrogen-bond acceptors (Lipinski definition) is 0. The van der Waals surface area contributed by atoms with Crippen LogP contribution >= 0.6 is 0 Å². The summed E-state index contributed by atoms with van der Waals surface area (Å²) in [6.07, 6.45) is 8.56. The second-order valence-corrected chi connectivity index (χ2v) is 5.94. The van der Waals surface area contributed by atoms with Crippen molar-refractivity contribution in [1.29, 1.82) is 0 Å². The molecule has 0 saturated carbocycles. The Morgan fingerprint density at radius 3 is 2.09 bits per heavy atom. The Balaban J connectivity index is 2.65. The summed E-state index contributed by atoms with van der Waals surface area (Å²) in [6, 6.07) is 15.4. The largest absolute Gasteiger partial charge is 0.0874 e. The Bertz CT molecular complexity index is 770. The number of benzene rings is 2. The molecular formula is C23H26. The van der Waals surface area contributed by atoms with Crippen molar-refractivity contribution in [1.82, 2.24) is 0 Å². The Morgan fingerprint density at radius 2 is 1.43 bits per heavy atom. The quantitative estimate of drug-likeness (QED) is 0.539. The Labute approximate surface area is 140 Å². The molecule has 2 aromatic carbocycles. The normalized spacial score (nSPS) is 12.9. The van der Waals surface area contributed by atoms with Gasteiger partial charge in [-0.05, 0) is 79.6 Å². The summed E-state index contributed by atoms with van der Waals surface area (Å²) in [5, 5.41) is 0. The number of aryl methyl sites for hydroxylation is 2. The van der Waals surface area contributed by atoms with Crippen LogP contribution in [0.25, 0.3) is 16.7 Å². The van der Waals surface area contributed by atoms with E-state index in [9.17, 15) is 0 Å². The number of allylic oxidation sites excluding steroid dienone is 6. The van der Waals surface area contributed by atoms with Gasteiger partial charge in [0.25, 0.3) is 0 Å². The predicted molar refractivity (Wildman–Crippen MR) is 104 cm³/mol. The summed E-state index contributed by atoms with van der Waals surface area (Å²) in [6.45, 7) is 10.7. The van der Waals surface area contributed by atoms with Gasteiger partial charge < -0.3 is 0 Å². The van der Waals surface area contributed by atoms with Crippen molar-refractivity contribution in [2.24, 2.45) is 0 Å². The molecule has 0 amide bonds. The molecule has 0 heterocycles. The Kier molecular flexibility index (Phi) is 5.76. The maximum Gasteiger partial charge on any atom is -0.0146 e. The Morgan fingerprint density at radius 1 is 0.783 bits per heavy atom. The zero-order chi connectivity index (χ0) is 16.8. The van der Waals surface area contributed by atoms with Crippen LogP contribution in [0.5, 0.6) is 0 Å². The minimum absolute atomic E-state index is 1.27. The van der Waals surface area contributed by atoms with E-state index in [1.165, 1.54) is 39.0 Å². The molecule has 0 spiro atoms. The van der Waals surface area contributed by atoms with Gasteiger partial charge in [-0.15, -0.1) is 0 Å². The van der Waals surface area contributed by atoms with Crippen LogP contribution in [0.1, 0.15) is 37.5 Å². The molecule has 0 N–H and O–H groups in total. The lowest BCUT2D eigenvalue weighted by molar-refractivity contribution is 1.39. The van der Waals surface area contributed by atoms with Crippen LogP contribution in [0.3, 0.4) is 0 Å². The molecule has 0 unspecified atom stereocenters. The first-order chi connectivity index (χ1) is 11.1. The molecule has 23 heavy (non-hydrogen) atoms. The van der Waals surface area contributed by atoms with Gasteiger partial charge in [-0.2, -0.15) is 0 Å². The van der Waals surface area contributed by atoms with Gasteiger partial charge in [-0.25, -0.2) is 0 Å². The molecule has 0 aliphatic heterocycles. The maximum atomic E-state index is 2.32. The van der Waals surface area contributed by atoms with E-state index in [-0.39, 0.29) is 0 Å². The standard InChI is InChI=1S/C23H26/c1-6-10-17(3)21(11-7-2)20-15-14-19(5)23(16-20)22-13-9-8-12-18(22)4/h6-16H,1-5H3/b10-6-,11-7-,21-17+. The number of hydrogen-bond donors (Lipinski definition) is 0. The van der Waals surface area contributed by atoms with Gasteiger partial charge >= 0.3 is 0 Å². The lowest BCUT2D eigenvalue weighted by atomic mass is 9.91. The van der Waals surface area contributed by atoms with Crippen LogP contribution in [-0.4, -0.2) is 0 Å². The lowest BCUT2D eigenvalue weighted by Crippen LogP contribution is -1.91. The van der Waals surface area contributed by atoms with Gasteiger partial charge in [0.2, 0.25) is 0 Å². The number of rotatable bonds is 4. The van der Waals surface area contributed by atoms with Gasteiger partial charge in [-0.1, -0.05) is 60.7 Å². The van der Waals surface area contributed by atoms with Crippen LogP contribution in [0.15, 0.2) is 72.3 Å². The fourth-order valence-corrected chi connectivity index (χ4v) is 2.92. The van der Waals surface area contributed by atoms with E-state index < -0.39 is 0 Å². The van der Waals surface area contributed by atoms with E-state index in [0.717, 1.165) is 0 Å². The molecular weight excluding hydrogens is 276 g/mol. The fourth-order valence-electron chi connectivity index (χ4n) is 2.92. The van der Waals surface area contributed by atoms with Crippen LogP contribution in [0.4, 0.5) is 0 Å². The summed E-state index contributed by atoms with van der Waals surface area (Å²) in [4.78, 5) is 0. The molecule has 2 rings (SSSR count). The molecule has 0 saturated heterocycles. The van der Waals surface area contributed by atoms with Crippen LogP contribution in [0.2, 0.25) is 0 Å². The molecule has 0 fully saturated rings. The van der Waals surface area contributed by atoms with Gasteiger partial charge in [0.15, 0.2) is 0 Å². The van der Waals surface area contributed by atoms with Crippen LogP contribution in [0, 0.1) is 13.8 Å². The van der Waals surface area contributed by atoms with Gasteiger partial charge in [0.05, 0.1) is 0 Å². The van der Waals surface area contributed by atoms with E-state index in [2.05, 4.69) is 101 Å². The van der Waals surface area contributed by atoms with Crippen molar-refractivity contribution in [2.75, 3.05) is 0 Å². The predicted octanol–water partition coefficient (Wildman–Crippen LogP) is 6.90.